The molecule has 0 spiro atoms. The standard InChI is InChI=1S/C14H20N2/c1-2-6-13-10-15-14(9-12(13)5-1)11-16-7-3-4-8-16/h1-2,5-6,14-15H,3-4,7-11H2/t14-/m0/s1. The third kappa shape index (κ3) is 2.13. The molecule has 1 aromatic carbocycles. The van der Waals surface area contributed by atoms with Crippen molar-refractivity contribution < 1.29 is 0 Å². The van der Waals surface area contributed by atoms with Crippen molar-refractivity contribution in [2.75, 3.05) is 19.6 Å². The van der Waals surface area contributed by atoms with Crippen LogP contribution in [0.4, 0.5) is 0 Å². The Bertz CT molecular complexity index is 356. The maximum absolute atomic E-state index is 3.66. The van der Waals surface area contributed by atoms with E-state index in [0.29, 0.717) is 6.04 Å². The van der Waals surface area contributed by atoms with Crippen molar-refractivity contribution in [3.8, 4) is 0 Å². The third-order valence-corrected chi connectivity index (χ3v) is 3.84. The fraction of sp³-hybridized carbons (Fsp3) is 0.571. The molecule has 2 nitrogen and oxygen atoms in total. The van der Waals surface area contributed by atoms with E-state index in [0.717, 1.165) is 6.54 Å². The highest BCUT2D eigenvalue weighted by Gasteiger charge is 2.21. The molecule has 16 heavy (non-hydrogen) atoms. The summed E-state index contributed by atoms with van der Waals surface area (Å²) >= 11 is 0. The van der Waals surface area contributed by atoms with Crippen LogP contribution in [0.15, 0.2) is 24.3 Å². The van der Waals surface area contributed by atoms with Crippen LogP contribution in [0, 0.1) is 0 Å². The van der Waals surface area contributed by atoms with Gasteiger partial charge in [-0.15, -0.1) is 0 Å². The van der Waals surface area contributed by atoms with E-state index in [1.807, 2.05) is 0 Å². The van der Waals surface area contributed by atoms with Crippen molar-refractivity contribution in [3.63, 3.8) is 0 Å². The molecule has 2 aliphatic heterocycles. The quantitative estimate of drug-likeness (QED) is 0.811. The lowest BCUT2D eigenvalue weighted by molar-refractivity contribution is 0.282. The first-order chi connectivity index (χ1) is 7.92. The number of nitrogens with one attached hydrogen (secondary N) is 1. The van der Waals surface area contributed by atoms with Crippen LogP contribution in [0.25, 0.3) is 0 Å². The van der Waals surface area contributed by atoms with Crippen LogP contribution >= 0.6 is 0 Å². The monoisotopic (exact) mass is 216 g/mol. The Morgan fingerprint density at radius 1 is 1.12 bits per heavy atom. The van der Waals surface area contributed by atoms with Gasteiger partial charge in [0.1, 0.15) is 0 Å². The molecule has 2 heterocycles. The van der Waals surface area contributed by atoms with E-state index >= 15 is 0 Å². The van der Waals surface area contributed by atoms with Crippen molar-refractivity contribution in [3.05, 3.63) is 35.4 Å². The maximum atomic E-state index is 3.66. The largest absolute Gasteiger partial charge is 0.308 e. The van der Waals surface area contributed by atoms with Crippen LogP contribution in [0.3, 0.4) is 0 Å². The first kappa shape index (κ1) is 10.3. The molecule has 0 amide bonds. The lowest BCUT2D eigenvalue weighted by atomic mass is 9.96. The number of fused-ring (bicyclic) bond motifs is 1. The Balaban J connectivity index is 1.63. The summed E-state index contributed by atoms with van der Waals surface area (Å²) in [7, 11) is 0. The summed E-state index contributed by atoms with van der Waals surface area (Å²) < 4.78 is 0. The van der Waals surface area contributed by atoms with E-state index in [2.05, 4.69) is 34.5 Å². The molecule has 1 saturated heterocycles. The topological polar surface area (TPSA) is 15.3 Å². The fourth-order valence-corrected chi connectivity index (χ4v) is 2.93. The SMILES string of the molecule is c1ccc2c(c1)CN[C@H](CN1CCCC1)C2. The molecule has 0 saturated carbocycles. The highest BCUT2D eigenvalue weighted by molar-refractivity contribution is 5.29. The van der Waals surface area contributed by atoms with Crippen LogP contribution in [0.5, 0.6) is 0 Å². The summed E-state index contributed by atoms with van der Waals surface area (Å²) in [5.41, 5.74) is 3.03. The smallest absolute Gasteiger partial charge is 0.0238 e. The molecule has 1 N–H and O–H groups in total. The minimum absolute atomic E-state index is 0.660. The van der Waals surface area contributed by atoms with Gasteiger partial charge in [0.15, 0.2) is 0 Å². The molecular formula is C14H20N2. The zero-order valence-electron chi connectivity index (χ0n) is 9.78. The third-order valence-electron chi connectivity index (χ3n) is 3.84. The van der Waals surface area contributed by atoms with Gasteiger partial charge in [0.05, 0.1) is 0 Å². The summed E-state index contributed by atoms with van der Waals surface area (Å²) in [5.74, 6) is 0. The number of benzene rings is 1. The lowest BCUT2D eigenvalue weighted by Gasteiger charge is -2.29. The Hall–Kier alpha value is -0.860. The Morgan fingerprint density at radius 2 is 1.88 bits per heavy atom. The molecule has 2 heteroatoms. The maximum Gasteiger partial charge on any atom is 0.0238 e. The van der Waals surface area contributed by atoms with Gasteiger partial charge in [-0.1, -0.05) is 24.3 Å². The van der Waals surface area contributed by atoms with Gasteiger partial charge < -0.3 is 10.2 Å². The molecule has 1 aromatic rings. The molecule has 0 bridgehead atoms. The van der Waals surface area contributed by atoms with Crippen molar-refractivity contribution >= 4 is 0 Å². The predicted molar refractivity (Wildman–Crippen MR) is 66.4 cm³/mol. The minimum Gasteiger partial charge on any atom is -0.308 e. The number of nitrogens with zero attached hydrogens (tertiary/aromatic N) is 1. The lowest BCUT2D eigenvalue weighted by Crippen LogP contribution is -2.43. The number of hydrogen-bond acceptors (Lipinski definition) is 2. The molecular weight excluding hydrogens is 196 g/mol. The minimum atomic E-state index is 0.660. The second kappa shape index (κ2) is 4.56. The summed E-state index contributed by atoms with van der Waals surface area (Å²) in [4.78, 5) is 2.60. The summed E-state index contributed by atoms with van der Waals surface area (Å²) in [6.45, 7) is 4.89. The fourth-order valence-electron chi connectivity index (χ4n) is 2.93. The molecule has 86 valence electrons. The average Bonchev–Trinajstić information content (AvgIpc) is 2.82. The van der Waals surface area contributed by atoms with Crippen LogP contribution in [0.2, 0.25) is 0 Å². The second-order valence-electron chi connectivity index (χ2n) is 5.06. The normalized spacial score (nSPS) is 25.6. The molecule has 0 aromatic heterocycles. The van der Waals surface area contributed by atoms with Crippen LogP contribution in [-0.4, -0.2) is 30.6 Å². The van der Waals surface area contributed by atoms with Gasteiger partial charge in [0, 0.05) is 19.1 Å². The van der Waals surface area contributed by atoms with E-state index in [9.17, 15) is 0 Å². The zero-order chi connectivity index (χ0) is 10.8. The molecule has 0 radical (unpaired) electrons. The van der Waals surface area contributed by atoms with Crippen molar-refractivity contribution in [2.45, 2.75) is 31.8 Å². The molecule has 1 atom stereocenters. The molecule has 0 unspecified atom stereocenters. The van der Waals surface area contributed by atoms with Crippen molar-refractivity contribution in [1.82, 2.24) is 10.2 Å². The van der Waals surface area contributed by atoms with Crippen molar-refractivity contribution in [2.24, 2.45) is 0 Å². The van der Waals surface area contributed by atoms with E-state index in [1.54, 1.807) is 5.56 Å². The highest BCUT2D eigenvalue weighted by Crippen LogP contribution is 2.18. The molecule has 3 rings (SSSR count). The Labute approximate surface area is 97.6 Å². The summed E-state index contributed by atoms with van der Waals surface area (Å²) in [6, 6.07) is 9.49. The summed E-state index contributed by atoms with van der Waals surface area (Å²) in [5, 5.41) is 3.66. The van der Waals surface area contributed by atoms with E-state index in [-0.39, 0.29) is 0 Å². The average molecular weight is 216 g/mol. The highest BCUT2D eigenvalue weighted by atomic mass is 15.2. The number of rotatable bonds is 2. The number of likely N-dealkylation sites (tertiary alicyclic amines) is 1. The van der Waals surface area contributed by atoms with Gasteiger partial charge in [0.25, 0.3) is 0 Å². The molecule has 2 aliphatic rings. The first-order valence-corrected chi connectivity index (χ1v) is 6.44. The van der Waals surface area contributed by atoms with Gasteiger partial charge in [-0.05, 0) is 43.5 Å². The Morgan fingerprint density at radius 3 is 2.69 bits per heavy atom. The predicted octanol–water partition coefficient (Wildman–Crippen LogP) is 1.80. The molecule has 0 aliphatic carbocycles. The second-order valence-corrected chi connectivity index (χ2v) is 5.06. The summed E-state index contributed by atoms with van der Waals surface area (Å²) in [6.07, 6.45) is 3.99. The van der Waals surface area contributed by atoms with Crippen LogP contribution < -0.4 is 5.32 Å². The Kier molecular flexibility index (Phi) is 2.94. The van der Waals surface area contributed by atoms with Gasteiger partial charge in [-0.3, -0.25) is 0 Å². The van der Waals surface area contributed by atoms with Gasteiger partial charge in [-0.2, -0.15) is 0 Å². The number of hydrogen-bond donors (Lipinski definition) is 1. The van der Waals surface area contributed by atoms with Gasteiger partial charge in [-0.25, -0.2) is 0 Å². The van der Waals surface area contributed by atoms with Crippen LogP contribution in [0.1, 0.15) is 24.0 Å². The molecule has 1 fully saturated rings. The van der Waals surface area contributed by atoms with E-state index < -0.39 is 0 Å². The zero-order valence-corrected chi connectivity index (χ0v) is 9.78. The van der Waals surface area contributed by atoms with Gasteiger partial charge >= 0.3 is 0 Å². The van der Waals surface area contributed by atoms with Gasteiger partial charge in [0.2, 0.25) is 0 Å². The van der Waals surface area contributed by atoms with Crippen molar-refractivity contribution in [1.29, 1.82) is 0 Å². The van der Waals surface area contributed by atoms with Crippen LogP contribution in [-0.2, 0) is 13.0 Å². The van der Waals surface area contributed by atoms with E-state index in [1.165, 1.54) is 44.5 Å². The van der Waals surface area contributed by atoms with E-state index in [4.69, 9.17) is 0 Å². The first-order valence-electron chi connectivity index (χ1n) is 6.44.